The lowest BCUT2D eigenvalue weighted by Crippen LogP contribution is -2.39. The third kappa shape index (κ3) is 5.85. The number of amides is 2. The Balaban J connectivity index is 2.80. The first-order valence-electron chi connectivity index (χ1n) is 7.19. The van der Waals surface area contributed by atoms with Crippen molar-refractivity contribution in [2.75, 3.05) is 18.4 Å². The van der Waals surface area contributed by atoms with Crippen molar-refractivity contribution in [3.05, 3.63) is 29.8 Å². The average Bonchev–Trinajstić information content (AvgIpc) is 2.37. The minimum atomic E-state index is -1.01. The summed E-state index contributed by atoms with van der Waals surface area (Å²) in [7, 11) is 0. The Morgan fingerprint density at radius 3 is 2.19 bits per heavy atom. The molecular formula is C16H24N2O3. The standard InChI is InChI=1S/C16H24N2O3/c1-11(2)9-18(10-12(3)4)16(21)17-14-7-5-6-13(8-14)15(19)20/h5-8,11-12H,9-10H2,1-4H3,(H,17,21)(H,19,20). The maximum atomic E-state index is 12.3. The van der Waals surface area contributed by atoms with E-state index in [1.807, 2.05) is 0 Å². The molecule has 0 aromatic heterocycles. The van der Waals surface area contributed by atoms with Crippen molar-refractivity contribution in [2.45, 2.75) is 27.7 Å². The minimum absolute atomic E-state index is 0.159. The average molecular weight is 292 g/mol. The summed E-state index contributed by atoms with van der Waals surface area (Å²) in [4.78, 5) is 25.0. The quantitative estimate of drug-likeness (QED) is 0.842. The zero-order valence-corrected chi connectivity index (χ0v) is 13.1. The minimum Gasteiger partial charge on any atom is -0.478 e. The molecule has 0 fully saturated rings. The van der Waals surface area contributed by atoms with E-state index in [0.717, 1.165) is 0 Å². The molecule has 0 aliphatic heterocycles. The van der Waals surface area contributed by atoms with E-state index < -0.39 is 5.97 Å². The third-order valence-electron chi connectivity index (χ3n) is 2.82. The van der Waals surface area contributed by atoms with Gasteiger partial charge < -0.3 is 15.3 Å². The van der Waals surface area contributed by atoms with E-state index >= 15 is 0 Å². The van der Waals surface area contributed by atoms with Gasteiger partial charge in [-0.15, -0.1) is 0 Å². The fraction of sp³-hybridized carbons (Fsp3) is 0.500. The summed E-state index contributed by atoms with van der Waals surface area (Å²) in [6, 6.07) is 6.07. The van der Waals surface area contributed by atoms with Crippen LogP contribution in [0.1, 0.15) is 38.1 Å². The van der Waals surface area contributed by atoms with Gasteiger partial charge in [0.15, 0.2) is 0 Å². The second kappa shape index (κ2) is 7.67. The predicted octanol–water partition coefficient (Wildman–Crippen LogP) is 3.53. The topological polar surface area (TPSA) is 69.6 Å². The monoisotopic (exact) mass is 292 g/mol. The molecule has 5 heteroatoms. The van der Waals surface area contributed by atoms with Crippen molar-refractivity contribution < 1.29 is 14.7 Å². The van der Waals surface area contributed by atoms with E-state index in [0.29, 0.717) is 30.6 Å². The number of nitrogens with one attached hydrogen (secondary N) is 1. The van der Waals surface area contributed by atoms with Crippen LogP contribution in [0.4, 0.5) is 10.5 Å². The maximum Gasteiger partial charge on any atom is 0.335 e. The van der Waals surface area contributed by atoms with Gasteiger partial charge in [0.2, 0.25) is 0 Å². The van der Waals surface area contributed by atoms with Gasteiger partial charge in [-0.05, 0) is 30.0 Å². The van der Waals surface area contributed by atoms with Crippen LogP contribution in [0.25, 0.3) is 0 Å². The van der Waals surface area contributed by atoms with Crippen molar-refractivity contribution in [3.63, 3.8) is 0 Å². The Morgan fingerprint density at radius 1 is 1.14 bits per heavy atom. The molecule has 0 aliphatic carbocycles. The SMILES string of the molecule is CC(C)CN(CC(C)C)C(=O)Nc1cccc(C(=O)O)c1. The van der Waals surface area contributed by atoms with Crippen LogP contribution in [0, 0.1) is 11.8 Å². The van der Waals surface area contributed by atoms with Crippen LogP contribution in [-0.2, 0) is 0 Å². The Morgan fingerprint density at radius 2 is 1.71 bits per heavy atom. The number of urea groups is 1. The maximum absolute atomic E-state index is 12.3. The second-order valence-corrected chi connectivity index (χ2v) is 6.01. The summed E-state index contributed by atoms with van der Waals surface area (Å²) < 4.78 is 0. The van der Waals surface area contributed by atoms with E-state index in [1.54, 1.807) is 17.0 Å². The van der Waals surface area contributed by atoms with Crippen molar-refractivity contribution >= 4 is 17.7 Å². The van der Waals surface area contributed by atoms with E-state index in [-0.39, 0.29) is 11.6 Å². The molecule has 0 saturated carbocycles. The molecule has 0 unspecified atom stereocenters. The number of hydrogen-bond donors (Lipinski definition) is 2. The van der Waals surface area contributed by atoms with Crippen LogP contribution >= 0.6 is 0 Å². The van der Waals surface area contributed by atoms with Crippen LogP contribution in [0.15, 0.2) is 24.3 Å². The Labute approximate surface area is 126 Å². The molecule has 1 rings (SSSR count). The first-order chi connectivity index (χ1) is 9.79. The number of rotatable bonds is 6. The van der Waals surface area contributed by atoms with E-state index in [4.69, 9.17) is 5.11 Å². The molecule has 0 aliphatic rings. The fourth-order valence-corrected chi connectivity index (χ4v) is 2.05. The fourth-order valence-electron chi connectivity index (χ4n) is 2.05. The number of carbonyl (C=O) groups is 2. The molecule has 2 N–H and O–H groups in total. The highest BCUT2D eigenvalue weighted by Gasteiger charge is 2.16. The largest absolute Gasteiger partial charge is 0.478 e. The summed E-state index contributed by atoms with van der Waals surface area (Å²) >= 11 is 0. The van der Waals surface area contributed by atoms with E-state index in [1.165, 1.54) is 12.1 Å². The molecular weight excluding hydrogens is 268 g/mol. The van der Waals surface area contributed by atoms with Gasteiger partial charge in [0, 0.05) is 18.8 Å². The third-order valence-corrected chi connectivity index (χ3v) is 2.82. The summed E-state index contributed by atoms with van der Waals surface area (Å²) in [5, 5.41) is 11.7. The van der Waals surface area contributed by atoms with Gasteiger partial charge in [0.25, 0.3) is 0 Å². The van der Waals surface area contributed by atoms with Crippen LogP contribution < -0.4 is 5.32 Å². The molecule has 0 saturated heterocycles. The molecule has 5 nitrogen and oxygen atoms in total. The van der Waals surface area contributed by atoms with Gasteiger partial charge in [-0.3, -0.25) is 0 Å². The molecule has 2 amide bonds. The lowest BCUT2D eigenvalue weighted by Gasteiger charge is -2.26. The summed E-state index contributed by atoms with van der Waals surface area (Å²) in [6.07, 6.45) is 0. The van der Waals surface area contributed by atoms with Gasteiger partial charge in [0.05, 0.1) is 5.56 Å². The van der Waals surface area contributed by atoms with E-state index in [2.05, 4.69) is 33.0 Å². The molecule has 1 aromatic rings. The van der Waals surface area contributed by atoms with Gasteiger partial charge in [-0.1, -0.05) is 33.8 Å². The lowest BCUT2D eigenvalue weighted by molar-refractivity contribution is 0.0697. The molecule has 1 aromatic carbocycles. The number of carboxylic acid groups (broad SMARTS) is 1. The highest BCUT2D eigenvalue weighted by molar-refractivity contribution is 5.93. The lowest BCUT2D eigenvalue weighted by atomic mass is 10.1. The summed E-state index contributed by atoms with van der Waals surface area (Å²) in [5.74, 6) is -0.257. The molecule has 0 bridgehead atoms. The summed E-state index contributed by atoms with van der Waals surface area (Å²) in [5.41, 5.74) is 0.657. The molecule has 0 atom stereocenters. The van der Waals surface area contributed by atoms with Crippen LogP contribution in [0.5, 0.6) is 0 Å². The molecule has 0 spiro atoms. The van der Waals surface area contributed by atoms with E-state index in [9.17, 15) is 9.59 Å². The number of anilines is 1. The van der Waals surface area contributed by atoms with Crippen LogP contribution in [0.3, 0.4) is 0 Å². The summed E-state index contributed by atoms with van der Waals surface area (Å²) in [6.45, 7) is 9.58. The smallest absolute Gasteiger partial charge is 0.335 e. The Bertz CT molecular complexity index is 488. The first-order valence-corrected chi connectivity index (χ1v) is 7.19. The zero-order valence-electron chi connectivity index (χ0n) is 13.1. The predicted molar refractivity (Wildman–Crippen MR) is 83.7 cm³/mol. The Hall–Kier alpha value is -2.04. The van der Waals surface area contributed by atoms with Crippen molar-refractivity contribution in [1.82, 2.24) is 4.90 Å². The van der Waals surface area contributed by atoms with Crippen molar-refractivity contribution in [1.29, 1.82) is 0 Å². The normalized spacial score (nSPS) is 10.8. The number of carbonyl (C=O) groups excluding carboxylic acids is 1. The van der Waals surface area contributed by atoms with Crippen molar-refractivity contribution in [2.24, 2.45) is 11.8 Å². The van der Waals surface area contributed by atoms with Gasteiger partial charge in [0.1, 0.15) is 0 Å². The highest BCUT2D eigenvalue weighted by Crippen LogP contribution is 2.13. The number of carboxylic acids is 1. The molecule has 21 heavy (non-hydrogen) atoms. The first kappa shape index (κ1) is 17.0. The number of benzene rings is 1. The molecule has 0 radical (unpaired) electrons. The highest BCUT2D eigenvalue weighted by atomic mass is 16.4. The molecule has 116 valence electrons. The molecule has 0 heterocycles. The van der Waals surface area contributed by atoms with Crippen LogP contribution in [-0.4, -0.2) is 35.1 Å². The number of nitrogens with zero attached hydrogens (tertiary/aromatic N) is 1. The van der Waals surface area contributed by atoms with Gasteiger partial charge in [-0.25, -0.2) is 9.59 Å². The Kier molecular flexibility index (Phi) is 6.21. The van der Waals surface area contributed by atoms with Gasteiger partial charge >= 0.3 is 12.0 Å². The number of hydrogen-bond acceptors (Lipinski definition) is 2. The van der Waals surface area contributed by atoms with Crippen molar-refractivity contribution in [3.8, 4) is 0 Å². The van der Waals surface area contributed by atoms with Gasteiger partial charge in [-0.2, -0.15) is 0 Å². The van der Waals surface area contributed by atoms with Crippen LogP contribution in [0.2, 0.25) is 0 Å². The number of aromatic carboxylic acids is 1. The zero-order chi connectivity index (χ0) is 16.0. The second-order valence-electron chi connectivity index (χ2n) is 6.01.